The van der Waals surface area contributed by atoms with Gasteiger partial charge >= 0.3 is 6.09 Å². The molecule has 0 saturated carbocycles. The van der Waals surface area contributed by atoms with Gasteiger partial charge in [0.2, 0.25) is 5.91 Å². The number of carbonyl (C=O) groups excluding carboxylic acids is 2. The lowest BCUT2D eigenvalue weighted by molar-refractivity contribution is -0.126. The normalized spacial score (nSPS) is 23.3. The van der Waals surface area contributed by atoms with Crippen LogP contribution in [0.5, 0.6) is 0 Å². The van der Waals surface area contributed by atoms with Gasteiger partial charge in [-0.2, -0.15) is 0 Å². The molecule has 2 unspecified atom stereocenters. The number of alkyl carbamates (subject to hydrolysis) is 1. The van der Waals surface area contributed by atoms with Crippen LogP contribution in [0, 0.1) is 5.82 Å². The highest BCUT2D eigenvalue weighted by Gasteiger charge is 2.47. The smallest absolute Gasteiger partial charge is 0.407 e. The first-order chi connectivity index (χ1) is 11.4. The second-order valence-corrected chi connectivity index (χ2v) is 6.24. The fourth-order valence-corrected chi connectivity index (χ4v) is 3.19. The Bertz CT molecular complexity index is 663. The predicted octanol–water partition coefficient (Wildman–Crippen LogP) is 0.0867. The molecule has 2 amide bonds. The highest BCUT2D eigenvalue weighted by Crippen LogP contribution is 2.34. The second-order valence-electron chi connectivity index (χ2n) is 6.24. The summed E-state index contributed by atoms with van der Waals surface area (Å²) in [6, 6.07) is 4.65. The maximum atomic E-state index is 14.7. The van der Waals surface area contributed by atoms with Crippen molar-refractivity contribution in [1.29, 1.82) is 0 Å². The number of primary amides is 1. The zero-order valence-electron chi connectivity index (χ0n) is 13.5. The minimum Gasteiger partial charge on any atom is -0.443 e. The molecule has 2 heterocycles. The number of nitrogens with one attached hydrogen (secondary N) is 2. The average Bonchev–Trinajstić information content (AvgIpc) is 3.01. The standard InChI is InChI=1S/C16H21FN4O3/c1-16(14(18)22,13-9-20-15(23)24-13)10-2-3-12(11(17)8-10)21-6-4-19-5-7-21/h2-3,8,13,19H,4-7,9H2,1H3,(H2,18,22)(H,20,23). The van der Waals surface area contributed by atoms with Crippen LogP contribution < -0.4 is 21.3 Å². The molecule has 1 aromatic rings. The number of amides is 2. The summed E-state index contributed by atoms with van der Waals surface area (Å²) in [5.74, 6) is -1.09. The van der Waals surface area contributed by atoms with Gasteiger partial charge in [0.1, 0.15) is 17.3 Å². The van der Waals surface area contributed by atoms with Crippen LogP contribution in [0.3, 0.4) is 0 Å². The van der Waals surface area contributed by atoms with Crippen molar-refractivity contribution in [2.45, 2.75) is 18.4 Å². The molecular weight excluding hydrogens is 315 g/mol. The maximum absolute atomic E-state index is 14.7. The number of nitrogens with two attached hydrogens (primary N) is 1. The topological polar surface area (TPSA) is 96.7 Å². The van der Waals surface area contributed by atoms with E-state index in [0.717, 1.165) is 13.1 Å². The van der Waals surface area contributed by atoms with Crippen molar-refractivity contribution >= 4 is 17.7 Å². The van der Waals surface area contributed by atoms with E-state index in [4.69, 9.17) is 10.5 Å². The highest BCUT2D eigenvalue weighted by atomic mass is 19.1. The SMILES string of the molecule is CC(C(N)=O)(c1ccc(N2CCNCC2)c(F)c1)C1CNC(=O)O1. The Kier molecular flexibility index (Phi) is 4.31. The number of anilines is 1. The third-order valence-electron chi connectivity index (χ3n) is 4.84. The van der Waals surface area contributed by atoms with Crippen LogP contribution in [0.2, 0.25) is 0 Å². The molecule has 7 nitrogen and oxygen atoms in total. The van der Waals surface area contributed by atoms with Crippen molar-refractivity contribution in [3.8, 4) is 0 Å². The number of ether oxygens (including phenoxy) is 1. The summed E-state index contributed by atoms with van der Waals surface area (Å²) in [5, 5.41) is 5.71. The fraction of sp³-hybridized carbons (Fsp3) is 0.500. The molecule has 1 aromatic carbocycles. The molecule has 3 rings (SSSR count). The molecule has 8 heteroatoms. The van der Waals surface area contributed by atoms with Crippen molar-refractivity contribution in [1.82, 2.24) is 10.6 Å². The highest BCUT2D eigenvalue weighted by molar-refractivity contribution is 5.88. The number of benzene rings is 1. The summed E-state index contributed by atoms with van der Waals surface area (Å²) < 4.78 is 19.8. The Hall–Kier alpha value is -2.35. The van der Waals surface area contributed by atoms with Crippen LogP contribution in [-0.2, 0) is 14.9 Å². The van der Waals surface area contributed by atoms with Gasteiger partial charge in [-0.1, -0.05) is 6.07 Å². The number of nitrogens with zero attached hydrogens (tertiary/aromatic N) is 1. The first-order valence-corrected chi connectivity index (χ1v) is 7.93. The molecule has 130 valence electrons. The summed E-state index contributed by atoms with van der Waals surface area (Å²) in [5.41, 5.74) is 5.15. The monoisotopic (exact) mass is 336 g/mol. The van der Waals surface area contributed by atoms with Gasteiger partial charge in [0.25, 0.3) is 0 Å². The summed E-state index contributed by atoms with van der Waals surface area (Å²) in [6.07, 6.45) is -1.38. The maximum Gasteiger partial charge on any atom is 0.407 e. The number of carbonyl (C=O) groups is 2. The van der Waals surface area contributed by atoms with Crippen LogP contribution in [-0.4, -0.2) is 50.8 Å². The van der Waals surface area contributed by atoms with E-state index in [1.165, 1.54) is 6.07 Å². The average molecular weight is 336 g/mol. The molecule has 2 atom stereocenters. The Morgan fingerprint density at radius 3 is 2.67 bits per heavy atom. The Labute approximate surface area is 139 Å². The summed E-state index contributed by atoms with van der Waals surface area (Å²) in [7, 11) is 0. The van der Waals surface area contributed by atoms with Crippen molar-refractivity contribution in [3.63, 3.8) is 0 Å². The Morgan fingerprint density at radius 1 is 1.42 bits per heavy atom. The fourth-order valence-electron chi connectivity index (χ4n) is 3.19. The molecule has 2 aliphatic rings. The van der Waals surface area contributed by atoms with Gasteiger partial charge < -0.3 is 26.0 Å². The second kappa shape index (κ2) is 6.27. The molecule has 2 fully saturated rings. The third-order valence-corrected chi connectivity index (χ3v) is 4.84. The van der Waals surface area contributed by atoms with E-state index >= 15 is 0 Å². The van der Waals surface area contributed by atoms with Crippen molar-refractivity contribution in [2.24, 2.45) is 5.73 Å². The minimum absolute atomic E-state index is 0.152. The number of hydrogen-bond donors (Lipinski definition) is 3. The van der Waals surface area contributed by atoms with Crippen molar-refractivity contribution < 1.29 is 18.7 Å². The zero-order chi connectivity index (χ0) is 17.3. The number of piperazine rings is 1. The van der Waals surface area contributed by atoms with Gasteiger partial charge in [0.05, 0.1) is 12.2 Å². The third kappa shape index (κ3) is 2.77. The largest absolute Gasteiger partial charge is 0.443 e. The number of rotatable bonds is 4. The molecule has 0 spiro atoms. The van der Waals surface area contributed by atoms with Crippen LogP contribution in [0.25, 0.3) is 0 Å². The van der Waals surface area contributed by atoms with Crippen molar-refractivity contribution in [3.05, 3.63) is 29.6 Å². The minimum atomic E-state index is -1.30. The predicted molar refractivity (Wildman–Crippen MR) is 86.3 cm³/mol. The van der Waals surface area contributed by atoms with Crippen LogP contribution >= 0.6 is 0 Å². The van der Waals surface area contributed by atoms with Gasteiger partial charge in [-0.25, -0.2) is 9.18 Å². The van der Waals surface area contributed by atoms with Gasteiger partial charge in [0.15, 0.2) is 0 Å². The lowest BCUT2D eigenvalue weighted by Crippen LogP contribution is -2.49. The zero-order valence-corrected chi connectivity index (χ0v) is 13.5. The Morgan fingerprint density at radius 2 is 2.12 bits per heavy atom. The molecule has 2 saturated heterocycles. The van der Waals surface area contributed by atoms with E-state index in [1.54, 1.807) is 19.1 Å². The van der Waals surface area contributed by atoms with Gasteiger partial charge in [-0.15, -0.1) is 0 Å². The van der Waals surface area contributed by atoms with Crippen LogP contribution in [0.1, 0.15) is 12.5 Å². The molecule has 24 heavy (non-hydrogen) atoms. The van der Waals surface area contributed by atoms with Crippen LogP contribution in [0.4, 0.5) is 14.9 Å². The van der Waals surface area contributed by atoms with E-state index in [1.807, 2.05) is 4.90 Å². The van der Waals surface area contributed by atoms with E-state index < -0.39 is 29.3 Å². The molecule has 2 aliphatic heterocycles. The van der Waals surface area contributed by atoms with Gasteiger partial charge in [-0.05, 0) is 24.6 Å². The number of halogens is 1. The molecule has 4 N–H and O–H groups in total. The number of cyclic esters (lactones) is 1. The molecule has 0 bridgehead atoms. The van der Waals surface area contributed by atoms with E-state index in [2.05, 4.69) is 10.6 Å². The lowest BCUT2D eigenvalue weighted by atomic mass is 9.76. The van der Waals surface area contributed by atoms with E-state index in [-0.39, 0.29) is 6.54 Å². The lowest BCUT2D eigenvalue weighted by Gasteiger charge is -2.33. The van der Waals surface area contributed by atoms with E-state index in [9.17, 15) is 14.0 Å². The van der Waals surface area contributed by atoms with E-state index in [0.29, 0.717) is 24.3 Å². The molecule has 0 aliphatic carbocycles. The quantitative estimate of drug-likeness (QED) is 0.724. The first-order valence-electron chi connectivity index (χ1n) is 7.93. The molecular formula is C16H21FN4O3. The van der Waals surface area contributed by atoms with Gasteiger partial charge in [0, 0.05) is 26.2 Å². The van der Waals surface area contributed by atoms with Crippen molar-refractivity contribution in [2.75, 3.05) is 37.6 Å². The number of hydrogen-bond acceptors (Lipinski definition) is 5. The summed E-state index contributed by atoms with van der Waals surface area (Å²) in [4.78, 5) is 25.3. The first kappa shape index (κ1) is 16.5. The molecule has 0 aromatic heterocycles. The summed E-state index contributed by atoms with van der Waals surface area (Å²) >= 11 is 0. The van der Waals surface area contributed by atoms with Gasteiger partial charge in [-0.3, -0.25) is 4.79 Å². The van der Waals surface area contributed by atoms with Crippen LogP contribution in [0.15, 0.2) is 18.2 Å². The molecule has 0 radical (unpaired) electrons. The Balaban J connectivity index is 1.93. The summed E-state index contributed by atoms with van der Waals surface area (Å²) in [6.45, 7) is 4.74.